The van der Waals surface area contributed by atoms with Gasteiger partial charge < -0.3 is 20.1 Å². The number of allylic oxidation sites excluding steroid dienone is 2. The van der Waals surface area contributed by atoms with Crippen molar-refractivity contribution in [3.8, 4) is 101 Å². The topological polar surface area (TPSA) is 557 Å². The molecule has 11 aromatic carbocycles. The van der Waals surface area contributed by atoms with Gasteiger partial charge in [-0.2, -0.15) is 15.7 Å². The Morgan fingerprint density at radius 1 is 0.440 bits per heavy atom. The molecule has 42 heteroatoms. The zero-order valence-corrected chi connectivity index (χ0v) is 85.5. The van der Waals surface area contributed by atoms with E-state index in [0.29, 0.717) is 90.9 Å². The third-order valence-electron chi connectivity index (χ3n) is 23.7. The van der Waals surface area contributed by atoms with Crippen molar-refractivity contribution in [2.75, 3.05) is 28.8 Å². The number of carbonyl (C=O) groups is 5. The molecule has 0 saturated heterocycles. The highest BCUT2D eigenvalue weighted by molar-refractivity contribution is 8.14. The van der Waals surface area contributed by atoms with Crippen LogP contribution in [-0.4, -0.2) is 175 Å². The fourth-order valence-electron chi connectivity index (χ4n) is 16.5. The normalized spacial score (nSPS) is 12.3. The standard InChI is InChI=1S/C26H20N4O3S.C21H19N5O2S.C21H18N4O2S.C20H17N5O3S.C20H16N4O3S.2H2O/c1-16(31)15-34-26-27-25(28-29-26)21-11-20(12-22(13-21)30(32)33)19-8-7-18-9-10-23(24(18)14-19)17-5-3-2-4-6-17;1-13(27)12-29-21-11-20(24-25-21)17-8-16(9-18(10-17)26-28)14-2-4-15(5-3-14)19-6-7-22-23-19;1-13(26)12-28-21-11-19(22-23-21)17-7-16(8-18(9-17)24-27)15-4-3-14-5-6-25(2)20(14)10-15;1-12(26)11-29-20-21-19(22-23-20)16-8-15(9-17(10-16)25(27)28)13-3-4-18-14(7-13)5-6-24(18)2;1-12(25)11-28-20-21-19(22-23-20)17-8-16(9-18(10-17)24(26)27)15-6-5-13-3-2-4-14(13)7-15;;/h2-8,10-14H,9,15H2,1H3,(H,27,28,29);2-10,26,28H,11-12H2,1H3,(H,22,23);3-10H,11-12H2,1-2H3;3-10H,11H2,1-2H3,(H,21,22,23);2,4-10H,3,11H2,1H3,(H,21,22,23);2*1H2/p+1. The van der Waals surface area contributed by atoms with Gasteiger partial charge in [0.15, 0.2) is 23.2 Å². The third-order valence-corrected chi connectivity index (χ3v) is 28.9. The number of nitrogens with one attached hydrogen (secondary N) is 5. The van der Waals surface area contributed by atoms with E-state index < -0.39 is 14.8 Å². The van der Waals surface area contributed by atoms with Crippen LogP contribution in [0.1, 0.15) is 86.4 Å². The van der Waals surface area contributed by atoms with Crippen molar-refractivity contribution in [3.63, 3.8) is 0 Å². The molecule has 0 spiro atoms. The number of carbonyl (C=O) groups excluding carboxylic acids is 5. The zero-order chi connectivity index (χ0) is 104. The van der Waals surface area contributed by atoms with Crippen molar-refractivity contribution < 1.29 is 65.5 Å². The summed E-state index contributed by atoms with van der Waals surface area (Å²) in [5, 5.41) is 96.2. The van der Waals surface area contributed by atoms with E-state index in [9.17, 15) is 64.4 Å². The zero-order valence-electron chi connectivity index (χ0n) is 81.4. The first-order chi connectivity index (χ1) is 71.5. The Bertz CT molecular complexity index is 8270. The summed E-state index contributed by atoms with van der Waals surface area (Å²) in [4.78, 5) is 114. The molecule has 0 atom stereocenters. The first-order valence-electron chi connectivity index (χ1n) is 46.1. The number of aromatic nitrogens is 13. The number of nitrogens with two attached hydrogens (primary N) is 1. The van der Waals surface area contributed by atoms with Crippen molar-refractivity contribution in [1.29, 1.82) is 0 Å². The van der Waals surface area contributed by atoms with Gasteiger partial charge in [-0.3, -0.25) is 74.7 Å². The maximum absolute atomic E-state index is 11.7. The highest BCUT2D eigenvalue weighted by Gasteiger charge is 2.28. The lowest BCUT2D eigenvalue weighted by Gasteiger charge is -2.10. The molecule has 756 valence electrons. The van der Waals surface area contributed by atoms with Crippen molar-refractivity contribution >= 4 is 171 Å². The molecular weight excluding hydrogens is 2010 g/mol. The van der Waals surface area contributed by atoms with Gasteiger partial charge in [0, 0.05) is 132 Å². The molecule has 150 heavy (non-hydrogen) atoms. The van der Waals surface area contributed by atoms with Crippen molar-refractivity contribution in [3.05, 3.63) is 342 Å². The number of benzene rings is 11. The minimum Gasteiger partial charge on any atom is -0.870 e. The number of Topliss-reactive ketones (excluding diaryl/α,β-unsaturated/α-hetero) is 5. The molecule has 17 aromatic rings. The number of hydrogen-bond acceptors (Lipinski definition) is 30. The molecular formula is C108H95N22O15S5+. The number of hydrogen-bond donors (Lipinski definition) is 7. The Morgan fingerprint density at radius 2 is 0.907 bits per heavy atom. The molecule has 0 unspecified atom stereocenters. The van der Waals surface area contributed by atoms with Gasteiger partial charge in [0.2, 0.25) is 20.5 Å². The van der Waals surface area contributed by atoms with Crippen LogP contribution in [0.2, 0.25) is 0 Å². The van der Waals surface area contributed by atoms with Crippen LogP contribution in [0, 0.1) is 35.3 Å². The Kier molecular flexibility index (Phi) is 35.1. The van der Waals surface area contributed by atoms with Crippen LogP contribution in [0.4, 0.5) is 28.4 Å². The van der Waals surface area contributed by atoms with Gasteiger partial charge in [-0.15, -0.1) is 37.1 Å². The van der Waals surface area contributed by atoms with E-state index in [1.807, 2.05) is 177 Å². The summed E-state index contributed by atoms with van der Waals surface area (Å²) >= 11 is 6.55. The smallest absolute Gasteiger partial charge is 0.270 e. The maximum Gasteiger partial charge on any atom is 0.270 e. The molecule has 21 rings (SSSR count). The van der Waals surface area contributed by atoms with Crippen LogP contribution in [0.15, 0.2) is 303 Å². The number of thioether (sulfide) groups is 5. The Morgan fingerprint density at radius 3 is 1.46 bits per heavy atom. The summed E-state index contributed by atoms with van der Waals surface area (Å²) < 4.78 is 4.09. The summed E-state index contributed by atoms with van der Waals surface area (Å²) in [6, 6.07) is 74.9. The number of H-pyrrole nitrogens is 4. The molecule has 0 radical (unpaired) electrons. The number of fused-ring (bicyclic) bond motifs is 4. The number of nitro groups is 3. The van der Waals surface area contributed by atoms with E-state index in [2.05, 4.69) is 147 Å². The predicted octanol–water partition coefficient (Wildman–Crippen LogP) is 19.5. The minimum atomic E-state index is -0.421. The summed E-state index contributed by atoms with van der Waals surface area (Å²) in [6.07, 6.45) is 15.1. The SMILES string of the molecule is CC(=O)CSC1=NN=C(c2cc([NH2+]O)cc(-c3ccc(-c4ccn[nH]4)cc3)c2)C1.CC(=O)CSC1=[NH+]N=C(c2cc(N=O)cc(-c3ccc4ccn(C)c4c3)c2)C1.CC(=O)CSc1n[nH]c(-c2cc(-c3ccc4c(c3)C(c3ccccc3)=CC4)cc([N+](=O)[O-])c2)n1.CC(=O)CSc1n[nH]c(-c2cc(-c3ccc4c(c3)C=CC4)cc([N+](=O)[O-])c2)n1.CC(=O)CSc1n[nH]c(-c2cc(-c3ccc4c(ccn4C)c3)cc([N+](=O)[O-])c2)n1.O.[OH-]. The molecule has 0 amide bonds. The van der Waals surface area contributed by atoms with Gasteiger partial charge in [0.05, 0.1) is 61.4 Å². The van der Waals surface area contributed by atoms with Gasteiger partial charge >= 0.3 is 0 Å². The first-order valence-corrected chi connectivity index (χ1v) is 51.1. The molecule has 0 saturated carbocycles. The fraction of sp³-hybridized carbons (Fsp3) is 0.148. The average molecular weight is 2100 g/mol. The second-order valence-electron chi connectivity index (χ2n) is 34.8. The number of aryl methyl sites for hydroxylation is 2. The maximum atomic E-state index is 11.7. The number of ketones is 5. The number of nitroso groups, excluding NO2 is 1. The summed E-state index contributed by atoms with van der Waals surface area (Å²) in [6.45, 7) is 7.63. The Labute approximate surface area is 877 Å². The van der Waals surface area contributed by atoms with Crippen LogP contribution in [-0.2, 0) is 50.9 Å². The van der Waals surface area contributed by atoms with Crippen LogP contribution in [0.3, 0.4) is 0 Å². The van der Waals surface area contributed by atoms with Crippen molar-refractivity contribution in [2.24, 2.45) is 34.6 Å². The summed E-state index contributed by atoms with van der Waals surface area (Å²) in [5.41, 5.74) is 27.3. The Balaban J connectivity index is 0.000000140. The number of hydrazone groups is 1. The first kappa shape index (κ1) is 107. The highest BCUT2D eigenvalue weighted by atomic mass is 32.2. The van der Waals surface area contributed by atoms with Gasteiger partial charge in [-0.1, -0.05) is 167 Å². The van der Waals surface area contributed by atoms with Crippen LogP contribution < -0.4 is 10.6 Å². The van der Waals surface area contributed by atoms with E-state index in [-0.39, 0.29) is 74.2 Å². The molecule has 8 heterocycles. The number of quaternary nitrogens is 1. The van der Waals surface area contributed by atoms with Gasteiger partial charge in [0.1, 0.15) is 45.4 Å². The highest BCUT2D eigenvalue weighted by Crippen LogP contribution is 2.42. The predicted molar refractivity (Wildman–Crippen MR) is 587 cm³/mol. The molecule has 37 nitrogen and oxygen atoms in total. The van der Waals surface area contributed by atoms with Gasteiger partial charge in [0.25, 0.3) is 17.1 Å². The van der Waals surface area contributed by atoms with Gasteiger partial charge in [-0.05, 0) is 249 Å². The molecule has 4 aliphatic rings. The number of nitro benzene ring substituents is 3. The lowest BCUT2D eigenvalue weighted by Crippen LogP contribution is -2.73. The minimum absolute atomic E-state index is 0. The average Bonchev–Trinajstić information content (AvgIpc) is 1.56. The number of nitrogens with zero attached hydrogens (tertiary/aromatic N) is 16. The fourth-order valence-corrected chi connectivity index (χ4v) is 19.7. The number of non-ortho nitro benzene ring substituents is 3. The molecule has 0 fully saturated rings. The molecule has 6 aromatic heterocycles. The van der Waals surface area contributed by atoms with Gasteiger partial charge in [-0.25, -0.2) is 20.2 Å². The van der Waals surface area contributed by atoms with E-state index in [1.54, 1.807) is 50.4 Å². The largest absolute Gasteiger partial charge is 0.870 e. The van der Waals surface area contributed by atoms with Crippen LogP contribution in [0.25, 0.3) is 135 Å². The lowest BCUT2D eigenvalue weighted by molar-refractivity contribution is -0.825. The quantitative estimate of drug-likeness (QED) is 0.00723. The molecule has 2 aliphatic carbocycles. The van der Waals surface area contributed by atoms with Crippen molar-refractivity contribution in [2.45, 2.75) is 75.8 Å². The number of aromatic amines is 4. The summed E-state index contributed by atoms with van der Waals surface area (Å²) in [5.74, 6) is 3.22. The molecule has 11 N–H and O–H groups in total. The second kappa shape index (κ2) is 49.0. The molecule has 2 aliphatic heterocycles. The molecule has 0 bridgehead atoms. The van der Waals surface area contributed by atoms with E-state index >= 15 is 0 Å². The van der Waals surface area contributed by atoms with Crippen molar-refractivity contribution in [1.82, 2.24) is 64.9 Å². The van der Waals surface area contributed by atoms with Crippen LogP contribution >= 0.6 is 58.8 Å². The lowest BCUT2D eigenvalue weighted by atomic mass is 9.94. The summed E-state index contributed by atoms with van der Waals surface area (Å²) in [7, 11) is 3.98. The second-order valence-corrected chi connectivity index (χ2v) is 39.7. The van der Waals surface area contributed by atoms with Crippen LogP contribution in [0.5, 0.6) is 0 Å². The van der Waals surface area contributed by atoms with E-state index in [1.165, 1.54) is 120 Å². The third kappa shape index (κ3) is 26.9. The monoisotopic (exact) mass is 2100 g/mol. The number of rotatable bonds is 30. The van der Waals surface area contributed by atoms with E-state index in [4.69, 9.17) is 0 Å². The Hall–Kier alpha value is -17.0. The van der Waals surface area contributed by atoms with E-state index in [0.717, 1.165) is 145 Å².